The fraction of sp³-hybridized carbons (Fsp3) is 0.300. The average molecular weight is 240 g/mol. The lowest BCUT2D eigenvalue weighted by Crippen LogP contribution is -2.18. The van der Waals surface area contributed by atoms with E-state index in [-0.39, 0.29) is 11.3 Å². The second-order valence-corrected chi connectivity index (χ2v) is 5.58. The first kappa shape index (κ1) is 10.9. The van der Waals surface area contributed by atoms with Crippen LogP contribution in [0.3, 0.4) is 0 Å². The standard InChI is InChI=1S/C10H9FN2O2S/c11-9-2-1-3-10(8(9)6-12)13-16(14,15)7-4-5-7/h1-3,7,13H,4-5H2. The molecule has 0 amide bonds. The van der Waals surface area contributed by atoms with Gasteiger partial charge in [-0.25, -0.2) is 12.8 Å². The molecular formula is C10H9FN2O2S. The van der Waals surface area contributed by atoms with Crippen molar-refractivity contribution in [1.29, 1.82) is 5.26 Å². The van der Waals surface area contributed by atoms with Crippen molar-refractivity contribution >= 4 is 15.7 Å². The van der Waals surface area contributed by atoms with E-state index < -0.39 is 21.1 Å². The number of nitriles is 1. The molecule has 1 fully saturated rings. The Morgan fingerprint density at radius 3 is 2.69 bits per heavy atom. The second kappa shape index (κ2) is 3.76. The Bertz CT molecular complexity index is 559. The predicted octanol–water partition coefficient (Wildman–Crippen LogP) is 1.60. The highest BCUT2D eigenvalue weighted by Gasteiger charge is 2.36. The minimum Gasteiger partial charge on any atom is -0.282 e. The molecule has 1 aromatic carbocycles. The summed E-state index contributed by atoms with van der Waals surface area (Å²) < 4.78 is 38.6. The van der Waals surface area contributed by atoms with E-state index in [4.69, 9.17) is 5.26 Å². The summed E-state index contributed by atoms with van der Waals surface area (Å²) in [6, 6.07) is 5.50. The largest absolute Gasteiger partial charge is 0.282 e. The molecule has 0 bridgehead atoms. The first-order valence-electron chi connectivity index (χ1n) is 4.75. The molecule has 1 N–H and O–H groups in total. The number of benzene rings is 1. The molecule has 84 valence electrons. The van der Waals surface area contributed by atoms with Crippen molar-refractivity contribution in [2.45, 2.75) is 18.1 Å². The molecule has 0 heterocycles. The molecular weight excluding hydrogens is 231 g/mol. The van der Waals surface area contributed by atoms with Gasteiger partial charge in [0.05, 0.1) is 10.9 Å². The van der Waals surface area contributed by atoms with Crippen molar-refractivity contribution in [3.63, 3.8) is 0 Å². The summed E-state index contributed by atoms with van der Waals surface area (Å²) in [6.07, 6.45) is 1.24. The van der Waals surface area contributed by atoms with Crippen molar-refractivity contribution < 1.29 is 12.8 Å². The van der Waals surface area contributed by atoms with Crippen molar-refractivity contribution in [1.82, 2.24) is 0 Å². The molecule has 0 radical (unpaired) electrons. The lowest BCUT2D eigenvalue weighted by molar-refractivity contribution is 0.599. The van der Waals surface area contributed by atoms with E-state index in [9.17, 15) is 12.8 Å². The number of hydrogen-bond donors (Lipinski definition) is 1. The summed E-state index contributed by atoms with van der Waals surface area (Å²) >= 11 is 0. The van der Waals surface area contributed by atoms with E-state index in [1.807, 2.05) is 0 Å². The van der Waals surface area contributed by atoms with Gasteiger partial charge in [-0.05, 0) is 25.0 Å². The molecule has 0 aromatic heterocycles. The summed E-state index contributed by atoms with van der Waals surface area (Å²) in [5.74, 6) is -0.724. The number of hydrogen-bond acceptors (Lipinski definition) is 3. The van der Waals surface area contributed by atoms with Crippen LogP contribution in [0.1, 0.15) is 18.4 Å². The number of anilines is 1. The van der Waals surface area contributed by atoms with E-state index >= 15 is 0 Å². The van der Waals surface area contributed by atoms with Gasteiger partial charge in [0.1, 0.15) is 17.4 Å². The lowest BCUT2D eigenvalue weighted by Gasteiger charge is -2.08. The SMILES string of the molecule is N#Cc1c(F)cccc1NS(=O)(=O)C1CC1. The van der Waals surface area contributed by atoms with Crippen LogP contribution >= 0.6 is 0 Å². The Hall–Kier alpha value is -1.61. The van der Waals surface area contributed by atoms with E-state index in [0.29, 0.717) is 12.8 Å². The molecule has 1 aromatic rings. The maximum Gasteiger partial charge on any atom is 0.235 e. The Balaban J connectivity index is 2.35. The van der Waals surface area contributed by atoms with Crippen LogP contribution < -0.4 is 4.72 Å². The Morgan fingerprint density at radius 2 is 2.12 bits per heavy atom. The first-order chi connectivity index (χ1) is 7.54. The van der Waals surface area contributed by atoms with Crippen LogP contribution in [0.25, 0.3) is 0 Å². The van der Waals surface area contributed by atoms with Gasteiger partial charge >= 0.3 is 0 Å². The fourth-order valence-electron chi connectivity index (χ4n) is 1.34. The second-order valence-electron chi connectivity index (χ2n) is 3.62. The Labute approximate surface area is 92.8 Å². The van der Waals surface area contributed by atoms with Gasteiger partial charge in [-0.3, -0.25) is 4.72 Å². The molecule has 16 heavy (non-hydrogen) atoms. The molecule has 0 atom stereocenters. The molecule has 4 nitrogen and oxygen atoms in total. The third-order valence-corrected chi connectivity index (χ3v) is 4.19. The van der Waals surface area contributed by atoms with E-state index in [0.717, 1.165) is 6.07 Å². The summed E-state index contributed by atoms with van der Waals surface area (Å²) in [6.45, 7) is 0. The predicted molar refractivity (Wildman–Crippen MR) is 56.7 cm³/mol. The van der Waals surface area contributed by atoms with E-state index in [1.54, 1.807) is 6.07 Å². The highest BCUT2D eigenvalue weighted by molar-refractivity contribution is 7.93. The quantitative estimate of drug-likeness (QED) is 0.872. The summed E-state index contributed by atoms with van der Waals surface area (Å²) in [4.78, 5) is 0. The first-order valence-corrected chi connectivity index (χ1v) is 6.29. The van der Waals surface area contributed by atoms with Crippen molar-refractivity contribution in [3.05, 3.63) is 29.6 Å². The van der Waals surface area contributed by atoms with Crippen LogP contribution in [0.4, 0.5) is 10.1 Å². The average Bonchev–Trinajstić information content (AvgIpc) is 3.00. The van der Waals surface area contributed by atoms with Crippen molar-refractivity contribution in [3.8, 4) is 6.07 Å². The number of sulfonamides is 1. The maximum atomic E-state index is 13.2. The van der Waals surface area contributed by atoms with E-state index in [2.05, 4.69) is 4.72 Å². The molecule has 2 rings (SSSR count). The highest BCUT2D eigenvalue weighted by Crippen LogP contribution is 2.30. The number of nitrogens with zero attached hydrogens (tertiary/aromatic N) is 1. The molecule has 0 aliphatic heterocycles. The van der Waals surface area contributed by atoms with Gasteiger partial charge in [-0.1, -0.05) is 6.07 Å². The van der Waals surface area contributed by atoms with Crippen molar-refractivity contribution in [2.24, 2.45) is 0 Å². The van der Waals surface area contributed by atoms with Gasteiger partial charge < -0.3 is 0 Å². The van der Waals surface area contributed by atoms with Gasteiger partial charge in [0.2, 0.25) is 10.0 Å². The summed E-state index contributed by atoms with van der Waals surface area (Å²) in [5.41, 5.74) is -0.263. The van der Waals surface area contributed by atoms with Crippen LogP contribution in [0.5, 0.6) is 0 Å². The zero-order chi connectivity index (χ0) is 11.8. The minimum absolute atomic E-state index is 0.00870. The van der Waals surface area contributed by atoms with Gasteiger partial charge in [0.15, 0.2) is 0 Å². The van der Waals surface area contributed by atoms with Gasteiger partial charge in [-0.15, -0.1) is 0 Å². The zero-order valence-electron chi connectivity index (χ0n) is 8.27. The third-order valence-electron chi connectivity index (χ3n) is 2.34. The van der Waals surface area contributed by atoms with Gasteiger partial charge in [0, 0.05) is 0 Å². The highest BCUT2D eigenvalue weighted by atomic mass is 32.2. The Morgan fingerprint density at radius 1 is 1.44 bits per heavy atom. The molecule has 1 saturated carbocycles. The monoisotopic (exact) mass is 240 g/mol. The minimum atomic E-state index is -3.46. The topological polar surface area (TPSA) is 70.0 Å². The fourth-order valence-corrected chi connectivity index (χ4v) is 2.74. The third kappa shape index (κ3) is 1.99. The number of nitrogens with one attached hydrogen (secondary N) is 1. The lowest BCUT2D eigenvalue weighted by atomic mass is 10.2. The van der Waals surface area contributed by atoms with Crippen LogP contribution in [-0.2, 0) is 10.0 Å². The normalized spacial score (nSPS) is 15.5. The van der Waals surface area contributed by atoms with Crippen LogP contribution in [0.15, 0.2) is 18.2 Å². The smallest absolute Gasteiger partial charge is 0.235 e. The van der Waals surface area contributed by atoms with Crippen molar-refractivity contribution in [2.75, 3.05) is 4.72 Å². The van der Waals surface area contributed by atoms with E-state index in [1.165, 1.54) is 12.1 Å². The molecule has 6 heteroatoms. The number of halogens is 1. The maximum absolute atomic E-state index is 13.2. The summed E-state index contributed by atoms with van der Waals surface area (Å²) in [5, 5.41) is 8.32. The molecule has 1 aliphatic carbocycles. The van der Waals surface area contributed by atoms with Crippen LogP contribution in [0.2, 0.25) is 0 Å². The van der Waals surface area contributed by atoms with Gasteiger partial charge in [-0.2, -0.15) is 5.26 Å². The number of rotatable bonds is 3. The zero-order valence-corrected chi connectivity index (χ0v) is 9.09. The van der Waals surface area contributed by atoms with Gasteiger partial charge in [0.25, 0.3) is 0 Å². The summed E-state index contributed by atoms with van der Waals surface area (Å²) in [7, 11) is -3.46. The molecule has 0 saturated heterocycles. The molecule has 0 unspecified atom stereocenters. The molecule has 0 spiro atoms. The Kier molecular flexibility index (Phi) is 2.56. The molecule has 1 aliphatic rings. The van der Waals surface area contributed by atoms with Crippen LogP contribution in [0, 0.1) is 17.1 Å². The van der Waals surface area contributed by atoms with Crippen LogP contribution in [-0.4, -0.2) is 13.7 Å².